The number of rotatable bonds is 8. The number of nitrogens with zero attached hydrogens (tertiary/aromatic N) is 2. The zero-order chi connectivity index (χ0) is 17.6. The summed E-state index contributed by atoms with van der Waals surface area (Å²) in [4.78, 5) is 4.61. The molecule has 2 rings (SSSR count). The number of methoxy groups -OCH3 is 1. The molecule has 0 radical (unpaired) electrons. The fraction of sp³-hybridized carbons (Fsp3) is 0.579. The van der Waals surface area contributed by atoms with Gasteiger partial charge in [0.15, 0.2) is 0 Å². The Hall–Kier alpha value is -1.56. The van der Waals surface area contributed by atoms with Crippen molar-refractivity contribution in [1.29, 1.82) is 0 Å². The molecule has 1 aromatic rings. The van der Waals surface area contributed by atoms with Crippen LogP contribution >= 0.6 is 0 Å². The average Bonchev–Trinajstić information content (AvgIpc) is 2.61. The number of aliphatic hydroxyl groups is 1. The highest BCUT2D eigenvalue weighted by molar-refractivity contribution is 5.58. The van der Waals surface area contributed by atoms with E-state index in [0.717, 1.165) is 37.6 Å². The van der Waals surface area contributed by atoms with Crippen LogP contribution in [0.1, 0.15) is 13.8 Å². The largest absolute Gasteiger partial charge is 0.495 e. The van der Waals surface area contributed by atoms with Gasteiger partial charge in [-0.3, -0.25) is 4.90 Å². The second-order valence-electron chi connectivity index (χ2n) is 6.73. The molecule has 0 spiro atoms. The molecule has 0 aliphatic carbocycles. The standard InChI is InChI=1S/C19H30N2O3/c1-5-19(2,3)24-15-16(22)14-20-10-12-21(13-11-20)17-8-6-7-9-18(17)23-4/h5-9,16,22H,1,10-15H2,2-4H3/t16-/m0/s1. The minimum atomic E-state index is -0.484. The molecular formula is C19H30N2O3. The number of β-amino-alcohol motifs (C(OH)–C–C–N with tert-alkyl or cyclic N) is 1. The average molecular weight is 334 g/mol. The van der Waals surface area contributed by atoms with Crippen LogP contribution in [-0.2, 0) is 4.74 Å². The Bertz CT molecular complexity index is 525. The van der Waals surface area contributed by atoms with E-state index < -0.39 is 11.7 Å². The van der Waals surface area contributed by atoms with E-state index >= 15 is 0 Å². The van der Waals surface area contributed by atoms with Gasteiger partial charge in [0.05, 0.1) is 31.1 Å². The molecule has 1 aliphatic heterocycles. The van der Waals surface area contributed by atoms with Gasteiger partial charge in [0, 0.05) is 32.7 Å². The number of aliphatic hydroxyl groups excluding tert-OH is 1. The van der Waals surface area contributed by atoms with Gasteiger partial charge in [0.2, 0.25) is 0 Å². The van der Waals surface area contributed by atoms with Crippen molar-refractivity contribution < 1.29 is 14.6 Å². The highest BCUT2D eigenvalue weighted by Gasteiger charge is 2.22. The van der Waals surface area contributed by atoms with Crippen LogP contribution in [0.5, 0.6) is 5.75 Å². The SMILES string of the molecule is C=CC(C)(C)OC[C@@H](O)CN1CCN(c2ccccc2OC)CC1. The van der Waals surface area contributed by atoms with Crippen molar-refractivity contribution in [2.75, 3.05) is 51.3 Å². The van der Waals surface area contributed by atoms with Crippen LogP contribution in [-0.4, -0.2) is 68.2 Å². The van der Waals surface area contributed by atoms with Crippen molar-refractivity contribution >= 4 is 5.69 Å². The zero-order valence-electron chi connectivity index (χ0n) is 15.1. The number of benzene rings is 1. The summed E-state index contributed by atoms with van der Waals surface area (Å²) in [6.45, 7) is 12.3. The molecule has 1 aliphatic rings. The van der Waals surface area contributed by atoms with Crippen LogP contribution in [0.3, 0.4) is 0 Å². The van der Waals surface area contributed by atoms with Gasteiger partial charge in [-0.05, 0) is 26.0 Å². The molecule has 1 fully saturated rings. The maximum atomic E-state index is 10.2. The van der Waals surface area contributed by atoms with E-state index in [0.29, 0.717) is 13.2 Å². The predicted molar refractivity (Wildman–Crippen MR) is 97.9 cm³/mol. The third-order valence-electron chi connectivity index (χ3n) is 4.41. The fourth-order valence-electron chi connectivity index (χ4n) is 2.78. The molecule has 5 nitrogen and oxygen atoms in total. The summed E-state index contributed by atoms with van der Waals surface area (Å²) in [5.41, 5.74) is 0.736. The molecular weight excluding hydrogens is 304 g/mol. The lowest BCUT2D eigenvalue weighted by atomic mass is 10.1. The maximum Gasteiger partial charge on any atom is 0.142 e. The number of anilines is 1. The van der Waals surface area contributed by atoms with Crippen LogP contribution in [0.4, 0.5) is 5.69 Å². The minimum Gasteiger partial charge on any atom is -0.495 e. The van der Waals surface area contributed by atoms with Crippen molar-refractivity contribution in [3.05, 3.63) is 36.9 Å². The minimum absolute atomic E-state index is 0.325. The normalized spacial score (nSPS) is 17.6. The van der Waals surface area contributed by atoms with E-state index in [4.69, 9.17) is 9.47 Å². The number of hydrogen-bond acceptors (Lipinski definition) is 5. The number of para-hydroxylation sites is 2. The lowest BCUT2D eigenvalue weighted by molar-refractivity contribution is -0.0420. The summed E-state index contributed by atoms with van der Waals surface area (Å²) in [7, 11) is 1.70. The van der Waals surface area contributed by atoms with Crippen LogP contribution < -0.4 is 9.64 Å². The Morgan fingerprint density at radius 3 is 2.54 bits per heavy atom. The smallest absolute Gasteiger partial charge is 0.142 e. The summed E-state index contributed by atoms with van der Waals surface area (Å²) < 4.78 is 11.1. The monoisotopic (exact) mass is 334 g/mol. The highest BCUT2D eigenvalue weighted by Crippen LogP contribution is 2.28. The van der Waals surface area contributed by atoms with Gasteiger partial charge in [-0.15, -0.1) is 6.58 Å². The zero-order valence-corrected chi connectivity index (χ0v) is 15.1. The van der Waals surface area contributed by atoms with Gasteiger partial charge in [-0.25, -0.2) is 0 Å². The second-order valence-corrected chi connectivity index (χ2v) is 6.73. The molecule has 134 valence electrons. The Morgan fingerprint density at radius 1 is 1.25 bits per heavy atom. The summed E-state index contributed by atoms with van der Waals surface area (Å²) in [6.07, 6.45) is 1.27. The van der Waals surface area contributed by atoms with Crippen LogP contribution in [0, 0.1) is 0 Å². The third-order valence-corrected chi connectivity index (χ3v) is 4.41. The van der Waals surface area contributed by atoms with E-state index in [1.807, 2.05) is 32.0 Å². The first-order chi connectivity index (χ1) is 11.4. The van der Waals surface area contributed by atoms with Crippen LogP contribution in [0.15, 0.2) is 36.9 Å². The Morgan fingerprint density at radius 2 is 1.92 bits per heavy atom. The molecule has 0 bridgehead atoms. The number of hydrogen-bond donors (Lipinski definition) is 1. The van der Waals surface area contributed by atoms with E-state index in [2.05, 4.69) is 22.4 Å². The fourth-order valence-corrected chi connectivity index (χ4v) is 2.78. The van der Waals surface area contributed by atoms with E-state index in [1.54, 1.807) is 13.2 Å². The Kier molecular flexibility index (Phi) is 6.66. The second kappa shape index (κ2) is 8.51. The molecule has 0 amide bonds. The first-order valence-corrected chi connectivity index (χ1v) is 8.51. The molecule has 1 saturated heterocycles. The van der Waals surface area contributed by atoms with Gasteiger partial charge in [0.1, 0.15) is 5.75 Å². The summed E-state index contributed by atoms with van der Waals surface area (Å²) >= 11 is 0. The van der Waals surface area contributed by atoms with Crippen molar-refractivity contribution in [2.24, 2.45) is 0 Å². The summed E-state index contributed by atoms with van der Waals surface area (Å²) in [5.74, 6) is 0.908. The highest BCUT2D eigenvalue weighted by atomic mass is 16.5. The van der Waals surface area contributed by atoms with Gasteiger partial charge >= 0.3 is 0 Å². The number of ether oxygens (including phenoxy) is 2. The lowest BCUT2D eigenvalue weighted by Crippen LogP contribution is -2.49. The van der Waals surface area contributed by atoms with E-state index in [-0.39, 0.29) is 0 Å². The molecule has 1 N–H and O–H groups in total. The molecule has 0 aromatic heterocycles. The first-order valence-electron chi connectivity index (χ1n) is 8.51. The van der Waals surface area contributed by atoms with Crippen molar-refractivity contribution in [2.45, 2.75) is 25.6 Å². The number of piperazine rings is 1. The third kappa shape index (κ3) is 5.23. The molecule has 5 heteroatoms. The molecule has 0 unspecified atom stereocenters. The van der Waals surface area contributed by atoms with Crippen LogP contribution in [0.2, 0.25) is 0 Å². The maximum absolute atomic E-state index is 10.2. The molecule has 1 atom stereocenters. The first kappa shape index (κ1) is 18.8. The lowest BCUT2D eigenvalue weighted by Gasteiger charge is -2.37. The van der Waals surface area contributed by atoms with Gasteiger partial charge in [-0.2, -0.15) is 0 Å². The van der Waals surface area contributed by atoms with E-state index in [9.17, 15) is 5.11 Å². The molecule has 1 aromatic carbocycles. The summed E-state index contributed by atoms with van der Waals surface area (Å²) in [6, 6.07) is 8.10. The van der Waals surface area contributed by atoms with Crippen molar-refractivity contribution in [1.82, 2.24) is 4.90 Å². The van der Waals surface area contributed by atoms with Gasteiger partial charge in [0.25, 0.3) is 0 Å². The van der Waals surface area contributed by atoms with Gasteiger partial charge in [-0.1, -0.05) is 18.2 Å². The molecule has 24 heavy (non-hydrogen) atoms. The quantitative estimate of drug-likeness (QED) is 0.738. The van der Waals surface area contributed by atoms with Crippen molar-refractivity contribution in [3.63, 3.8) is 0 Å². The van der Waals surface area contributed by atoms with Crippen molar-refractivity contribution in [3.8, 4) is 5.75 Å². The summed E-state index contributed by atoms with van der Waals surface area (Å²) in [5, 5.41) is 10.2. The Labute approximate surface area is 145 Å². The van der Waals surface area contributed by atoms with Gasteiger partial charge < -0.3 is 19.5 Å². The Balaban J connectivity index is 1.79. The molecule has 0 saturated carbocycles. The predicted octanol–water partition coefficient (Wildman–Crippen LogP) is 2.16. The topological polar surface area (TPSA) is 45.2 Å². The van der Waals surface area contributed by atoms with Crippen LogP contribution in [0.25, 0.3) is 0 Å². The van der Waals surface area contributed by atoms with E-state index in [1.165, 1.54) is 0 Å². The molecule has 1 heterocycles.